The van der Waals surface area contributed by atoms with Crippen molar-refractivity contribution in [2.75, 3.05) is 31.2 Å². The van der Waals surface area contributed by atoms with Crippen molar-refractivity contribution in [3.8, 4) is 17.9 Å². The molecule has 9 heteroatoms. The highest BCUT2D eigenvalue weighted by molar-refractivity contribution is 9.10. The fourth-order valence-corrected chi connectivity index (χ4v) is 6.15. The highest BCUT2D eigenvalue weighted by Gasteiger charge is 2.47. The van der Waals surface area contributed by atoms with E-state index in [-0.39, 0.29) is 11.9 Å². The molecule has 4 aliphatic rings. The van der Waals surface area contributed by atoms with Crippen LogP contribution in [0.25, 0.3) is 10.9 Å². The Kier molecular flexibility index (Phi) is 6.70. The molecule has 4 fully saturated rings. The maximum Gasteiger partial charge on any atom is 0.223 e. The summed E-state index contributed by atoms with van der Waals surface area (Å²) in [6.07, 6.45) is 5.26. The highest BCUT2D eigenvalue weighted by Crippen LogP contribution is 2.42. The van der Waals surface area contributed by atoms with Crippen molar-refractivity contribution in [1.82, 2.24) is 15.2 Å². The molecule has 176 valence electrons. The minimum Gasteiger partial charge on any atom is -0.379 e. The maximum absolute atomic E-state index is 15.5. The molecule has 2 bridgehead atoms. The molecule has 1 aromatic heterocycles. The third kappa shape index (κ3) is 4.15. The SMILES string of the molecule is CSc1nc2c(F)c(Br)c(CCC#N)cc2c(N[C@H]2[C@H]3CN[C@@H]2C3)c1C#CCN1CCCC1=O. The number of hydrogen-bond donors (Lipinski definition) is 2. The zero-order valence-electron chi connectivity index (χ0n) is 18.9. The molecule has 0 radical (unpaired) electrons. The Hall–Kier alpha value is -2.33. The first kappa shape index (κ1) is 23.4. The molecule has 6 nitrogen and oxygen atoms in total. The number of thioether (sulfide) groups is 1. The van der Waals surface area contributed by atoms with Crippen LogP contribution in [0.2, 0.25) is 0 Å². The molecule has 1 amide bonds. The van der Waals surface area contributed by atoms with E-state index in [2.05, 4.69) is 49.5 Å². The summed E-state index contributed by atoms with van der Waals surface area (Å²) >= 11 is 4.82. The lowest BCUT2D eigenvalue weighted by atomic mass is 9.80. The smallest absolute Gasteiger partial charge is 0.223 e. The van der Waals surface area contributed by atoms with Gasteiger partial charge in [-0.15, -0.1) is 11.8 Å². The number of nitrogens with one attached hydrogen (secondary N) is 2. The molecule has 3 aliphatic heterocycles. The molecule has 1 saturated carbocycles. The first-order chi connectivity index (χ1) is 16.5. The number of aryl methyl sites for hydroxylation is 1. The minimum atomic E-state index is -0.416. The first-order valence-electron chi connectivity index (χ1n) is 11.5. The van der Waals surface area contributed by atoms with Gasteiger partial charge >= 0.3 is 0 Å². The number of likely N-dealkylation sites (tertiary alicyclic amines) is 1. The standard InChI is InChI=1S/C25H25BrFN5OS/c1-34-25-16(6-3-9-32-10-4-7-19(32)33)23(30-22-15-12-18(22)29-13-15)17-11-14(5-2-8-28)20(26)21(27)24(17)31-25/h11,15,18,22,29H,2,4-5,7,9-10,12-13H2,1H3,(H,30,31)/t15-,18-,22+/m1/s1. The molecule has 4 heterocycles. The number of carbonyl (C=O) groups is 1. The Morgan fingerprint density at radius 2 is 2.32 bits per heavy atom. The summed E-state index contributed by atoms with van der Waals surface area (Å²) in [7, 11) is 0. The number of hydrogen-bond acceptors (Lipinski definition) is 6. The van der Waals surface area contributed by atoms with Crippen LogP contribution in [-0.2, 0) is 11.2 Å². The van der Waals surface area contributed by atoms with E-state index in [1.165, 1.54) is 11.8 Å². The second kappa shape index (κ2) is 9.73. The van der Waals surface area contributed by atoms with Crippen molar-refractivity contribution in [2.24, 2.45) is 5.92 Å². The van der Waals surface area contributed by atoms with Gasteiger partial charge in [-0.25, -0.2) is 9.37 Å². The Labute approximate surface area is 211 Å². The van der Waals surface area contributed by atoms with Crippen molar-refractivity contribution >= 4 is 50.2 Å². The average molecular weight is 542 g/mol. The number of benzene rings is 1. The van der Waals surface area contributed by atoms with Gasteiger partial charge in [0.25, 0.3) is 0 Å². The van der Waals surface area contributed by atoms with Gasteiger partial charge in [-0.2, -0.15) is 5.26 Å². The molecule has 3 saturated heterocycles. The number of amides is 1. The Bertz CT molecular complexity index is 1250. The highest BCUT2D eigenvalue weighted by atomic mass is 79.9. The fourth-order valence-electron chi connectivity index (χ4n) is 5.11. The number of aromatic nitrogens is 1. The number of fused-ring (bicyclic) bond motifs is 2. The summed E-state index contributed by atoms with van der Waals surface area (Å²) in [5, 5.41) is 17.6. The van der Waals surface area contributed by atoms with Crippen molar-refractivity contribution in [3.05, 3.63) is 27.5 Å². The molecule has 34 heavy (non-hydrogen) atoms. The second-order valence-electron chi connectivity index (χ2n) is 8.99. The molecule has 2 aromatic rings. The topological polar surface area (TPSA) is 81.1 Å². The van der Waals surface area contributed by atoms with Crippen LogP contribution >= 0.6 is 27.7 Å². The molecule has 0 unspecified atom stereocenters. The number of nitrogens with zero attached hydrogens (tertiary/aromatic N) is 3. The van der Waals surface area contributed by atoms with E-state index in [1.807, 2.05) is 12.3 Å². The van der Waals surface area contributed by atoms with Crippen molar-refractivity contribution in [2.45, 2.75) is 49.2 Å². The van der Waals surface area contributed by atoms with E-state index in [4.69, 9.17) is 5.26 Å². The van der Waals surface area contributed by atoms with E-state index in [0.717, 1.165) is 42.7 Å². The van der Waals surface area contributed by atoms with Crippen LogP contribution < -0.4 is 10.6 Å². The number of pyridine rings is 1. The first-order valence-corrected chi connectivity index (χ1v) is 13.6. The monoisotopic (exact) mass is 541 g/mol. The molecule has 3 atom stereocenters. The van der Waals surface area contributed by atoms with E-state index in [9.17, 15) is 4.79 Å². The van der Waals surface area contributed by atoms with Crippen LogP contribution in [0, 0.1) is 34.9 Å². The number of anilines is 1. The Morgan fingerprint density at radius 3 is 2.97 bits per heavy atom. The van der Waals surface area contributed by atoms with E-state index >= 15 is 4.39 Å². The van der Waals surface area contributed by atoms with Crippen LogP contribution in [0.5, 0.6) is 0 Å². The van der Waals surface area contributed by atoms with Crippen molar-refractivity contribution in [3.63, 3.8) is 0 Å². The molecule has 6 rings (SSSR count). The Balaban J connectivity index is 1.63. The van der Waals surface area contributed by atoms with E-state index < -0.39 is 5.82 Å². The van der Waals surface area contributed by atoms with Gasteiger partial charge in [-0.1, -0.05) is 11.8 Å². The predicted molar refractivity (Wildman–Crippen MR) is 135 cm³/mol. The summed E-state index contributed by atoms with van der Waals surface area (Å²) in [5.41, 5.74) is 2.57. The quantitative estimate of drug-likeness (QED) is 0.424. The van der Waals surface area contributed by atoms with Gasteiger partial charge < -0.3 is 15.5 Å². The van der Waals surface area contributed by atoms with Crippen LogP contribution in [-0.4, -0.2) is 53.8 Å². The van der Waals surface area contributed by atoms with E-state index in [1.54, 1.807) is 4.90 Å². The number of nitriles is 1. The zero-order chi connectivity index (χ0) is 23.8. The molecular weight excluding hydrogens is 517 g/mol. The summed E-state index contributed by atoms with van der Waals surface area (Å²) < 4.78 is 15.8. The van der Waals surface area contributed by atoms with E-state index in [0.29, 0.717) is 58.2 Å². The van der Waals surface area contributed by atoms with Gasteiger partial charge in [0, 0.05) is 43.4 Å². The number of carbonyl (C=O) groups excluding carboxylic acids is 1. The lowest BCUT2D eigenvalue weighted by molar-refractivity contribution is -0.127. The summed E-state index contributed by atoms with van der Waals surface area (Å²) in [5.74, 6) is 6.71. The van der Waals surface area contributed by atoms with Crippen LogP contribution in [0.1, 0.15) is 36.8 Å². The lowest BCUT2D eigenvalue weighted by Crippen LogP contribution is -2.47. The van der Waals surface area contributed by atoms with Crippen molar-refractivity contribution in [1.29, 1.82) is 5.26 Å². The summed E-state index contributed by atoms with van der Waals surface area (Å²) in [6, 6.07) is 4.73. The third-order valence-corrected chi connectivity index (χ3v) is 8.55. The zero-order valence-corrected chi connectivity index (χ0v) is 21.3. The number of halogens is 2. The van der Waals surface area contributed by atoms with Crippen LogP contribution in [0.15, 0.2) is 15.6 Å². The lowest BCUT2D eigenvalue weighted by Gasteiger charge is -2.36. The van der Waals surface area contributed by atoms with Crippen LogP contribution in [0.4, 0.5) is 10.1 Å². The van der Waals surface area contributed by atoms with Gasteiger partial charge in [0.05, 0.1) is 28.3 Å². The van der Waals surface area contributed by atoms with Gasteiger partial charge in [0.2, 0.25) is 5.91 Å². The molecule has 1 aliphatic carbocycles. The maximum atomic E-state index is 15.5. The third-order valence-electron chi connectivity index (χ3n) is 7.01. The molecule has 1 aromatic carbocycles. The van der Waals surface area contributed by atoms with Crippen LogP contribution in [0.3, 0.4) is 0 Å². The average Bonchev–Trinajstić information content (AvgIpc) is 3.57. The van der Waals surface area contributed by atoms with Gasteiger partial charge in [-0.05, 0) is 59.0 Å². The van der Waals surface area contributed by atoms with Gasteiger partial charge in [-0.3, -0.25) is 4.79 Å². The van der Waals surface area contributed by atoms with Gasteiger partial charge in [0.1, 0.15) is 10.5 Å². The second-order valence-corrected chi connectivity index (χ2v) is 10.6. The summed E-state index contributed by atoms with van der Waals surface area (Å²) in [4.78, 5) is 18.4. The Morgan fingerprint density at radius 1 is 1.47 bits per heavy atom. The normalized spacial score (nSPS) is 22.9. The minimum absolute atomic E-state index is 0.139. The molecule has 2 N–H and O–H groups in total. The molecular formula is C25H25BrFN5OS. The molecule has 0 spiro atoms. The van der Waals surface area contributed by atoms with Crippen molar-refractivity contribution < 1.29 is 9.18 Å². The predicted octanol–water partition coefficient (Wildman–Crippen LogP) is 4.06. The largest absolute Gasteiger partial charge is 0.379 e. The van der Waals surface area contributed by atoms with Gasteiger partial charge in [0.15, 0.2) is 5.82 Å². The number of rotatable bonds is 6. The summed E-state index contributed by atoms with van der Waals surface area (Å²) in [6.45, 7) is 2.09. The fraction of sp³-hybridized carbons (Fsp3) is 0.480.